The third-order valence-electron chi connectivity index (χ3n) is 3.85. The fourth-order valence-electron chi connectivity index (χ4n) is 2.61. The van der Waals surface area contributed by atoms with Gasteiger partial charge in [-0.25, -0.2) is 0 Å². The molecule has 1 aromatic rings. The summed E-state index contributed by atoms with van der Waals surface area (Å²) in [6.07, 6.45) is 8.71. The Morgan fingerprint density at radius 3 is 2.69 bits per heavy atom. The zero-order chi connectivity index (χ0) is 11.0. The molecular weight excluding hydrogens is 202 g/mol. The maximum Gasteiger partial charge on any atom is 0.226 e. The van der Waals surface area contributed by atoms with E-state index in [-0.39, 0.29) is 6.04 Å². The average molecular weight is 221 g/mol. The first kappa shape index (κ1) is 10.3. The Balaban J connectivity index is 1.62. The Morgan fingerprint density at radius 2 is 2.00 bits per heavy atom. The van der Waals surface area contributed by atoms with Crippen LogP contribution in [0.1, 0.15) is 56.3 Å². The predicted molar refractivity (Wildman–Crippen MR) is 59.6 cm³/mol. The molecule has 1 atom stereocenters. The number of hydrogen-bond donors (Lipinski definition) is 1. The second kappa shape index (κ2) is 4.17. The molecule has 2 N–H and O–H groups in total. The van der Waals surface area contributed by atoms with Crippen LogP contribution in [-0.2, 0) is 6.42 Å². The molecule has 0 bridgehead atoms. The summed E-state index contributed by atoms with van der Waals surface area (Å²) in [5.74, 6) is 2.86. The lowest BCUT2D eigenvalue weighted by molar-refractivity contribution is 0.346. The van der Waals surface area contributed by atoms with Crippen LogP contribution in [-0.4, -0.2) is 10.1 Å². The maximum absolute atomic E-state index is 6.04. The predicted octanol–water partition coefficient (Wildman–Crippen LogP) is 2.21. The average Bonchev–Trinajstić information content (AvgIpc) is 2.82. The number of rotatable bonds is 4. The number of nitrogens with zero attached hydrogens (tertiary/aromatic N) is 2. The molecule has 16 heavy (non-hydrogen) atoms. The topological polar surface area (TPSA) is 64.9 Å². The summed E-state index contributed by atoms with van der Waals surface area (Å²) < 4.78 is 5.28. The van der Waals surface area contributed by atoms with Crippen molar-refractivity contribution in [2.45, 2.75) is 51.0 Å². The molecule has 2 fully saturated rings. The van der Waals surface area contributed by atoms with Gasteiger partial charge in [-0.1, -0.05) is 18.0 Å². The van der Waals surface area contributed by atoms with E-state index in [9.17, 15) is 0 Å². The molecule has 1 heterocycles. The van der Waals surface area contributed by atoms with Crippen LogP contribution in [0, 0.1) is 11.8 Å². The molecule has 3 rings (SSSR count). The Hall–Kier alpha value is -0.900. The maximum atomic E-state index is 6.04. The van der Waals surface area contributed by atoms with Crippen molar-refractivity contribution in [2.75, 3.05) is 0 Å². The fourth-order valence-corrected chi connectivity index (χ4v) is 2.61. The van der Waals surface area contributed by atoms with E-state index in [0.717, 1.165) is 24.1 Å². The second-order valence-corrected chi connectivity index (χ2v) is 5.26. The van der Waals surface area contributed by atoms with Crippen molar-refractivity contribution in [1.82, 2.24) is 10.1 Å². The zero-order valence-electron chi connectivity index (χ0n) is 9.56. The smallest absolute Gasteiger partial charge is 0.226 e. The van der Waals surface area contributed by atoms with E-state index < -0.39 is 0 Å². The highest BCUT2D eigenvalue weighted by atomic mass is 16.5. The van der Waals surface area contributed by atoms with Crippen molar-refractivity contribution < 1.29 is 4.52 Å². The first-order valence-corrected chi connectivity index (χ1v) is 6.41. The largest absolute Gasteiger partial charge is 0.339 e. The first-order chi connectivity index (χ1) is 7.83. The van der Waals surface area contributed by atoms with Gasteiger partial charge in [0.25, 0.3) is 0 Å². The Bertz CT molecular complexity index is 353. The molecule has 1 unspecified atom stereocenters. The highest BCUT2D eigenvalue weighted by molar-refractivity contribution is 5.00. The highest BCUT2D eigenvalue weighted by Crippen LogP contribution is 2.38. The molecule has 4 nitrogen and oxygen atoms in total. The minimum Gasteiger partial charge on any atom is -0.339 e. The SMILES string of the molecule is NC(c1noc(CC2CCCC2)n1)C1CC1. The van der Waals surface area contributed by atoms with Crippen molar-refractivity contribution in [1.29, 1.82) is 0 Å². The van der Waals surface area contributed by atoms with E-state index in [4.69, 9.17) is 10.3 Å². The van der Waals surface area contributed by atoms with Crippen LogP contribution in [0.15, 0.2) is 4.52 Å². The summed E-state index contributed by atoms with van der Waals surface area (Å²) in [5, 5.41) is 4.01. The molecule has 0 amide bonds. The van der Waals surface area contributed by atoms with Gasteiger partial charge in [0.2, 0.25) is 5.89 Å². The number of nitrogens with two attached hydrogens (primary N) is 1. The van der Waals surface area contributed by atoms with Crippen molar-refractivity contribution in [2.24, 2.45) is 17.6 Å². The quantitative estimate of drug-likeness (QED) is 0.846. The van der Waals surface area contributed by atoms with E-state index >= 15 is 0 Å². The minimum atomic E-state index is 0.000998. The van der Waals surface area contributed by atoms with E-state index in [1.165, 1.54) is 38.5 Å². The van der Waals surface area contributed by atoms with Crippen LogP contribution in [0.2, 0.25) is 0 Å². The van der Waals surface area contributed by atoms with Crippen molar-refractivity contribution >= 4 is 0 Å². The van der Waals surface area contributed by atoms with Crippen LogP contribution in [0.3, 0.4) is 0 Å². The highest BCUT2D eigenvalue weighted by Gasteiger charge is 2.32. The van der Waals surface area contributed by atoms with Crippen LogP contribution in [0.5, 0.6) is 0 Å². The van der Waals surface area contributed by atoms with Gasteiger partial charge in [-0.2, -0.15) is 4.98 Å². The molecular formula is C12H19N3O. The summed E-state index contributed by atoms with van der Waals surface area (Å²) in [6.45, 7) is 0. The van der Waals surface area contributed by atoms with Crippen LogP contribution >= 0.6 is 0 Å². The molecule has 2 aliphatic carbocycles. The van der Waals surface area contributed by atoms with Gasteiger partial charge in [0.15, 0.2) is 5.82 Å². The standard InChI is InChI=1S/C12H19N3O/c13-11(9-5-6-9)12-14-10(16-15-12)7-8-3-1-2-4-8/h8-9,11H,1-7,13H2. The molecule has 2 saturated carbocycles. The summed E-state index contributed by atoms with van der Waals surface area (Å²) >= 11 is 0. The first-order valence-electron chi connectivity index (χ1n) is 6.41. The number of hydrogen-bond acceptors (Lipinski definition) is 4. The van der Waals surface area contributed by atoms with Crippen molar-refractivity contribution in [3.63, 3.8) is 0 Å². The van der Waals surface area contributed by atoms with Crippen molar-refractivity contribution in [3.05, 3.63) is 11.7 Å². The monoisotopic (exact) mass is 221 g/mol. The second-order valence-electron chi connectivity index (χ2n) is 5.26. The summed E-state index contributed by atoms with van der Waals surface area (Å²) in [5.41, 5.74) is 6.04. The van der Waals surface area contributed by atoms with E-state index in [1.54, 1.807) is 0 Å². The van der Waals surface area contributed by atoms with Gasteiger partial charge in [0, 0.05) is 6.42 Å². The lowest BCUT2D eigenvalue weighted by Crippen LogP contribution is -2.14. The van der Waals surface area contributed by atoms with E-state index in [0.29, 0.717) is 5.92 Å². The Labute approximate surface area is 95.6 Å². The van der Waals surface area contributed by atoms with Crippen molar-refractivity contribution in [3.8, 4) is 0 Å². The molecule has 2 aliphatic rings. The summed E-state index contributed by atoms with van der Waals surface area (Å²) in [4.78, 5) is 4.43. The molecule has 4 heteroatoms. The normalized spacial score (nSPS) is 23.8. The molecule has 1 aromatic heterocycles. The van der Waals surface area contributed by atoms with Gasteiger partial charge in [0.05, 0.1) is 6.04 Å². The zero-order valence-corrected chi connectivity index (χ0v) is 9.56. The van der Waals surface area contributed by atoms with Gasteiger partial charge in [-0.05, 0) is 37.5 Å². The minimum absolute atomic E-state index is 0.000998. The molecule has 0 spiro atoms. The van der Waals surface area contributed by atoms with Gasteiger partial charge in [-0.3, -0.25) is 0 Å². The summed E-state index contributed by atoms with van der Waals surface area (Å²) in [6, 6.07) is 0.000998. The molecule has 88 valence electrons. The van der Waals surface area contributed by atoms with Crippen LogP contribution in [0.25, 0.3) is 0 Å². The number of aromatic nitrogens is 2. The molecule has 0 saturated heterocycles. The molecule has 0 radical (unpaired) electrons. The Morgan fingerprint density at radius 1 is 1.25 bits per heavy atom. The van der Waals surface area contributed by atoms with E-state index in [1.807, 2.05) is 0 Å². The Kier molecular flexibility index (Phi) is 2.67. The van der Waals surface area contributed by atoms with Gasteiger partial charge < -0.3 is 10.3 Å². The third kappa shape index (κ3) is 2.12. The third-order valence-corrected chi connectivity index (χ3v) is 3.85. The lowest BCUT2D eigenvalue weighted by Gasteiger charge is -2.03. The summed E-state index contributed by atoms with van der Waals surface area (Å²) in [7, 11) is 0. The van der Waals surface area contributed by atoms with E-state index in [2.05, 4.69) is 10.1 Å². The van der Waals surface area contributed by atoms with Gasteiger partial charge in [0.1, 0.15) is 0 Å². The van der Waals surface area contributed by atoms with Crippen LogP contribution in [0.4, 0.5) is 0 Å². The van der Waals surface area contributed by atoms with Gasteiger partial charge >= 0.3 is 0 Å². The molecule has 0 aliphatic heterocycles. The molecule has 0 aromatic carbocycles. The lowest BCUT2D eigenvalue weighted by atomic mass is 10.0. The van der Waals surface area contributed by atoms with Crippen LogP contribution < -0.4 is 5.73 Å². The van der Waals surface area contributed by atoms with Gasteiger partial charge in [-0.15, -0.1) is 0 Å². The fraction of sp³-hybridized carbons (Fsp3) is 0.833.